The molecule has 0 atom stereocenters. The van der Waals surface area contributed by atoms with Crippen molar-refractivity contribution in [2.45, 2.75) is 63.2 Å². The lowest BCUT2D eigenvalue weighted by molar-refractivity contribution is 0.579. The number of hydrogen-bond donors (Lipinski definition) is 4. The number of hydrogen-bond acceptors (Lipinski definition) is 5. The predicted octanol–water partition coefficient (Wildman–Crippen LogP) is -19.5. The topological polar surface area (TPSA) is 130 Å². The third-order valence-electron chi connectivity index (χ3n) is 28.1. The maximum Gasteiger partial charge on any atom is 0.240 e. The largest absolute Gasteiger partial charge is 0.455 e. The first kappa shape index (κ1) is 126. The monoisotopic (exact) mass is 1690 g/mol. The third-order valence-corrected chi connectivity index (χ3v) is 29.6. The highest BCUT2D eigenvalue weighted by Gasteiger charge is 2.67. The zero-order valence-electron chi connectivity index (χ0n) is 80.2. The van der Waals surface area contributed by atoms with E-state index in [1.165, 1.54) is 29.4 Å². The number of aromatic amines is 2. The van der Waals surface area contributed by atoms with Gasteiger partial charge < -0.3 is 24.5 Å². The van der Waals surface area contributed by atoms with E-state index in [1.807, 2.05) is 72.8 Å². The number of nitrogens with one attached hydrogen (secondary N) is 3. The molecule has 5 N–H and O–H groups in total. The lowest BCUT2D eigenvalue weighted by Gasteiger charge is -2.61. The minimum absolute atomic E-state index is 0.316. The fraction of sp³-hybridized carbons (Fsp3) is 0.224. The molecule has 542 valence electrons. The van der Waals surface area contributed by atoms with Crippen LogP contribution in [0.15, 0.2) is 147 Å². The van der Waals surface area contributed by atoms with Gasteiger partial charge in [-0.1, -0.05) is 105 Å². The van der Waals surface area contributed by atoms with E-state index in [4.69, 9.17) is 340 Å². The first-order chi connectivity index (χ1) is 65.7. The molecule has 8 nitrogen and oxygen atoms in total. The number of nitrogens with two attached hydrogens (primary N) is 1. The Morgan fingerprint density at radius 3 is 0.786 bits per heavy atom. The smallest absolute Gasteiger partial charge is 0.240 e. The molecule has 0 saturated carbocycles. The summed E-state index contributed by atoms with van der Waals surface area (Å²) in [5, 5.41) is 4.57. The Bertz CT molecular complexity index is 4830. The minimum Gasteiger partial charge on any atom is -0.455 e. The fourth-order valence-corrected chi connectivity index (χ4v) is 23.5. The van der Waals surface area contributed by atoms with E-state index in [-0.39, 0.29) is 0 Å². The molecule has 4 aromatic heterocycles. The average molecular weight is 1680 g/mol. The van der Waals surface area contributed by atoms with Gasteiger partial charge in [0, 0.05) is 619 Å². The second-order valence-corrected chi connectivity index (χ2v) is 39.7. The normalized spacial score (nSPS) is 10.6. The molecule has 0 fully saturated rings. The summed E-state index contributed by atoms with van der Waals surface area (Å²) in [6.45, 7) is 3.23. The molecule has 4 heterocycles. The molecule has 0 aliphatic carbocycles. The molecule has 9 aromatic rings. The van der Waals surface area contributed by atoms with Crippen LogP contribution in [0.3, 0.4) is 0 Å². The van der Waals surface area contributed by atoms with Gasteiger partial charge in [0.05, 0.1) is 16.3 Å². The van der Waals surface area contributed by atoms with Crippen molar-refractivity contribution in [3.8, 4) is 22.9 Å². The lowest BCUT2D eigenvalue weighted by Crippen LogP contribution is -3.00. The van der Waals surface area contributed by atoms with Crippen LogP contribution in [0.25, 0.3) is 66.7 Å². The van der Waals surface area contributed by atoms with Gasteiger partial charge in [-0.2, -0.15) is 0 Å². The molecule has 9 rings (SSSR count). The van der Waals surface area contributed by atoms with Gasteiger partial charge in [-0.3, -0.25) is 0 Å². The van der Waals surface area contributed by atoms with Crippen molar-refractivity contribution in [3.63, 3.8) is 0 Å². The van der Waals surface area contributed by atoms with E-state index in [1.54, 1.807) is 12.1 Å². The average Bonchev–Trinajstić information content (AvgIpc) is 1.13. The summed E-state index contributed by atoms with van der Waals surface area (Å²) in [6.07, 6.45) is -60.4. The number of benzene rings is 5. The molecule has 84 radical (unpaired) electrons. The van der Waals surface area contributed by atoms with Crippen molar-refractivity contribution < 1.29 is 17.3 Å². The molecular weight excluding hydrogens is 1630 g/mol. The maximum absolute atomic E-state index is 12.8. The summed E-state index contributed by atoms with van der Waals surface area (Å²) >= 11 is 0. The van der Waals surface area contributed by atoms with E-state index in [0.717, 1.165) is 98.9 Å². The Hall–Kier alpha value is -0.545. The minimum atomic E-state index is -3.54. The second-order valence-electron chi connectivity index (χ2n) is 37.9. The van der Waals surface area contributed by atoms with E-state index < -0.39 is 265 Å². The highest BCUT2D eigenvalue weighted by Crippen LogP contribution is 2.38. The van der Waals surface area contributed by atoms with Gasteiger partial charge in [0.2, 0.25) is 10.0 Å². The maximum atomic E-state index is 12.8. The summed E-state index contributed by atoms with van der Waals surface area (Å²) in [6, 6.07) is 44.1. The number of H-pyrrole nitrogens is 2. The first-order valence-corrected chi connectivity index (χ1v) is 48.9. The summed E-state index contributed by atoms with van der Waals surface area (Å²) in [4.78, 5) is 7.35. The van der Waals surface area contributed by atoms with Crippen LogP contribution >= 0.6 is 0 Å². The van der Waals surface area contributed by atoms with Gasteiger partial charge >= 0.3 is 0 Å². The molecule has 140 heavy (non-hydrogen) atoms. The molecule has 0 aliphatic rings. The highest BCUT2D eigenvalue weighted by atomic mass is 32.2. The predicted molar refractivity (Wildman–Crippen MR) is 709 cm³/mol. The molecule has 0 bridgehead atoms. The molecule has 0 amide bonds. The van der Waals surface area contributed by atoms with Crippen molar-refractivity contribution >= 4 is 634 Å². The highest BCUT2D eigenvalue weighted by molar-refractivity contribution is 8.42. The molecule has 0 aliphatic heterocycles. The van der Waals surface area contributed by atoms with Crippen LogP contribution in [0.5, 0.6) is 0 Å². The van der Waals surface area contributed by atoms with Crippen molar-refractivity contribution in [2.75, 3.05) is 13.1 Å². The Morgan fingerprint density at radius 1 is 0.279 bits per heavy atom. The third kappa shape index (κ3) is 32.5. The van der Waals surface area contributed by atoms with E-state index >= 15 is 0 Å². The van der Waals surface area contributed by atoms with Crippen LogP contribution in [-0.4, -0.2) is 612 Å². The molecule has 91 heteroatoms. The van der Waals surface area contributed by atoms with Gasteiger partial charge in [0.25, 0.3) is 0 Å². The van der Waals surface area contributed by atoms with Gasteiger partial charge in [0.1, 0.15) is 11.2 Å². The number of aromatic nitrogens is 2. The van der Waals surface area contributed by atoms with Crippen LogP contribution in [-0.2, 0) is 29.3 Å². The number of rotatable bonds is 54. The molecule has 0 unspecified atom stereocenters. The van der Waals surface area contributed by atoms with Gasteiger partial charge in [-0.25, -0.2) is 13.1 Å². The SMILES string of the molecule is CCCCCc1ccc(S(=O)(=O)NCCCc2c(-c3cc4ccccc4o3)[nH]c3ccccc23)cc1.NCCCc1c(-c2cc3ccccc3o2)[nH]c2ccccc12.[B]B([B])B(B([B])[B])B(B([B])[B])B(B(B([B])[B])B([B])[B])B(B(B(B(B([B])[B])B([B])[B])B(B([B])[B])B([B])[B])B(B(B([B])[B])B([B])[B])B(B([B])[B])B([B])[B])B(B(B(B([B])[B])B([B])[B])B(B([B])[B])B([B])[B])B(B(B([B])[B])B([B])[B])B(B([B])[B])B([B])[B]. The zero-order chi connectivity index (χ0) is 105. The van der Waals surface area contributed by atoms with E-state index in [2.05, 4.69) is 70.1 Å². The molecule has 0 saturated heterocycles. The second kappa shape index (κ2) is 59.1. The van der Waals surface area contributed by atoms with Crippen LogP contribution in [0, 0.1) is 0 Å². The standard InChI is InChI=1S/C30H32N2O3S.C19H18N2O.B82/c1-2-3-4-10-22-16-18-24(19-17-22)36(33,34)31-20-9-13-26-25-12-6-7-14-27(25)32-30(26)29-21-23-11-5-8-15-28(23)35-29;20-11-5-8-15-14-7-2-3-9-16(14)21-19(15)18-12-13-6-1-4-10-17(13)22-18;1-43(2)64(44(3)4)74(63(41)42)79(73(61(37)38)62(39)40)82(80(75(65(45(5)6)46(7)8)66(47(9)10)48(11)12)76(67(49(13)14)50(15)16)68(51(17)18)52(19)20)81(77(69(53(21)22)54(23)24)70(55(25)26)56(27)28)78(71(57(29)30)58(31)32)72(59(33)34)60(35)36/h5-8,11-12,14-19,21,31-32H,2-4,9-10,13,20H2,1H3;1-4,6-7,9-10,12,21H,5,8,11,20H2;. The quantitative estimate of drug-likeness (QED) is 0.0223. The summed E-state index contributed by atoms with van der Waals surface area (Å²) in [7, 11) is 286. The molecular formula is C49H50B82N4O4S. The fourth-order valence-electron chi connectivity index (χ4n) is 22.4. The van der Waals surface area contributed by atoms with Crippen molar-refractivity contribution in [3.05, 3.63) is 150 Å². The van der Waals surface area contributed by atoms with Crippen molar-refractivity contribution in [1.29, 1.82) is 0 Å². The van der Waals surface area contributed by atoms with E-state index in [9.17, 15) is 8.42 Å². The number of unbranched alkanes of at least 4 members (excludes halogenated alkanes) is 2. The Balaban J connectivity index is 0.000000364. The van der Waals surface area contributed by atoms with Gasteiger partial charge in [-0.05, 0) is 110 Å². The molecule has 0 spiro atoms. The zero-order valence-corrected chi connectivity index (χ0v) is 81.1. The summed E-state index contributed by atoms with van der Waals surface area (Å²) in [5.74, 6) is 1.69. The summed E-state index contributed by atoms with van der Waals surface area (Å²) in [5.41, 5.74) is 15.3. The van der Waals surface area contributed by atoms with Crippen LogP contribution in [0.1, 0.15) is 55.7 Å². The Labute approximate surface area is 912 Å². The summed E-state index contributed by atoms with van der Waals surface area (Å²) < 4.78 is 40.6. The van der Waals surface area contributed by atoms with Crippen LogP contribution < -0.4 is 10.5 Å². The Kier molecular flexibility index (Phi) is 53.3. The van der Waals surface area contributed by atoms with Gasteiger partial charge in [-0.15, -0.1) is 0 Å². The van der Waals surface area contributed by atoms with Crippen molar-refractivity contribution in [1.82, 2.24) is 14.7 Å². The Morgan fingerprint density at radius 2 is 0.521 bits per heavy atom. The number of sulfonamides is 1. The van der Waals surface area contributed by atoms with Crippen LogP contribution in [0.4, 0.5) is 0 Å². The first-order valence-electron chi connectivity index (χ1n) is 47.4. The molecule has 5 aromatic carbocycles. The van der Waals surface area contributed by atoms with Crippen molar-refractivity contribution in [2.24, 2.45) is 5.73 Å². The van der Waals surface area contributed by atoms with Gasteiger partial charge in [0.15, 0.2) is 11.5 Å². The lowest BCUT2D eigenvalue weighted by atomic mass is 8.20. The number of fused-ring (bicyclic) bond motifs is 4. The number of aryl methyl sites for hydroxylation is 3. The number of furan rings is 2. The van der Waals surface area contributed by atoms with E-state index in [0.29, 0.717) is 24.4 Å². The number of para-hydroxylation sites is 4. The van der Waals surface area contributed by atoms with Crippen LogP contribution in [0.2, 0.25) is 0 Å².